The third-order valence-corrected chi connectivity index (χ3v) is 2.89. The second-order valence-corrected chi connectivity index (χ2v) is 3.86. The van der Waals surface area contributed by atoms with Crippen LogP contribution >= 0.6 is 0 Å². The second kappa shape index (κ2) is 4.62. The largest absolute Gasteiger partial charge is 0.472 e. The number of furan rings is 1. The Balaban J connectivity index is 1.93. The molecule has 1 aromatic rings. The lowest BCUT2D eigenvalue weighted by molar-refractivity contribution is 0.181. The van der Waals surface area contributed by atoms with E-state index >= 15 is 0 Å². The molecule has 1 fully saturated rings. The number of ether oxygens (including phenoxy) is 1. The number of rotatable bonds is 4. The van der Waals surface area contributed by atoms with Crippen LogP contribution in [0.25, 0.3) is 0 Å². The molecule has 78 valence electrons. The molecular formula is C11H17NO2. The van der Waals surface area contributed by atoms with Crippen molar-refractivity contribution in [3.05, 3.63) is 24.2 Å². The fraction of sp³-hybridized carbons (Fsp3) is 0.636. The van der Waals surface area contributed by atoms with Crippen LogP contribution in [0.3, 0.4) is 0 Å². The fourth-order valence-corrected chi connectivity index (χ4v) is 2.00. The van der Waals surface area contributed by atoms with Gasteiger partial charge < -0.3 is 14.5 Å². The first-order valence-electron chi connectivity index (χ1n) is 5.17. The predicted molar refractivity (Wildman–Crippen MR) is 54.1 cm³/mol. The summed E-state index contributed by atoms with van der Waals surface area (Å²) < 4.78 is 10.5. The lowest BCUT2D eigenvalue weighted by Gasteiger charge is -2.17. The lowest BCUT2D eigenvalue weighted by Crippen LogP contribution is -2.19. The molecule has 1 aliphatic rings. The molecule has 2 heterocycles. The second-order valence-electron chi connectivity index (χ2n) is 3.86. The van der Waals surface area contributed by atoms with Gasteiger partial charge in [-0.3, -0.25) is 0 Å². The average molecular weight is 195 g/mol. The quantitative estimate of drug-likeness (QED) is 0.797. The van der Waals surface area contributed by atoms with Crippen molar-refractivity contribution in [3.63, 3.8) is 0 Å². The van der Waals surface area contributed by atoms with Crippen LogP contribution in [0.1, 0.15) is 24.4 Å². The van der Waals surface area contributed by atoms with Crippen molar-refractivity contribution in [2.45, 2.75) is 18.9 Å². The van der Waals surface area contributed by atoms with Crippen LogP contribution in [0.5, 0.6) is 0 Å². The molecule has 1 aromatic heterocycles. The molecule has 0 aliphatic carbocycles. The van der Waals surface area contributed by atoms with Crippen LogP contribution in [-0.2, 0) is 4.74 Å². The molecule has 0 spiro atoms. The zero-order chi connectivity index (χ0) is 9.80. The molecule has 14 heavy (non-hydrogen) atoms. The summed E-state index contributed by atoms with van der Waals surface area (Å²) in [5, 5.41) is 3.32. The van der Waals surface area contributed by atoms with E-state index in [1.54, 1.807) is 6.26 Å². The van der Waals surface area contributed by atoms with Crippen molar-refractivity contribution in [2.24, 2.45) is 5.92 Å². The van der Waals surface area contributed by atoms with E-state index < -0.39 is 0 Å². The fourth-order valence-electron chi connectivity index (χ4n) is 2.00. The van der Waals surface area contributed by atoms with Gasteiger partial charge in [0.05, 0.1) is 12.5 Å². The predicted octanol–water partition coefficient (Wildman–Crippen LogP) is 1.97. The van der Waals surface area contributed by atoms with Gasteiger partial charge in [-0.2, -0.15) is 0 Å². The van der Waals surface area contributed by atoms with Crippen LogP contribution in [0, 0.1) is 5.92 Å². The van der Waals surface area contributed by atoms with Crippen molar-refractivity contribution in [1.82, 2.24) is 5.32 Å². The molecule has 0 saturated carbocycles. The summed E-state index contributed by atoms with van der Waals surface area (Å²) in [6.45, 7) is 1.84. The Morgan fingerprint density at radius 2 is 2.57 bits per heavy atom. The van der Waals surface area contributed by atoms with Gasteiger partial charge in [0.25, 0.3) is 0 Å². The third-order valence-electron chi connectivity index (χ3n) is 2.89. The standard InChI is InChI=1S/C11H17NO2/c1-12-11(10-3-5-14-8-10)6-9-2-4-13-7-9/h3,5,8-9,11-12H,2,4,6-7H2,1H3. The highest BCUT2D eigenvalue weighted by Crippen LogP contribution is 2.26. The minimum absolute atomic E-state index is 0.403. The Kier molecular flexibility index (Phi) is 3.22. The van der Waals surface area contributed by atoms with E-state index in [2.05, 4.69) is 5.32 Å². The SMILES string of the molecule is CNC(CC1CCOC1)c1ccoc1. The molecule has 1 N–H and O–H groups in total. The molecule has 3 nitrogen and oxygen atoms in total. The Bertz CT molecular complexity index is 252. The van der Waals surface area contributed by atoms with E-state index in [0.717, 1.165) is 19.6 Å². The van der Waals surface area contributed by atoms with Crippen LogP contribution in [-0.4, -0.2) is 20.3 Å². The van der Waals surface area contributed by atoms with Crippen molar-refractivity contribution < 1.29 is 9.15 Å². The number of nitrogens with one attached hydrogen (secondary N) is 1. The van der Waals surface area contributed by atoms with E-state index in [4.69, 9.17) is 9.15 Å². The first kappa shape index (κ1) is 9.74. The van der Waals surface area contributed by atoms with Gasteiger partial charge in [-0.05, 0) is 31.9 Å². The van der Waals surface area contributed by atoms with Gasteiger partial charge in [0.15, 0.2) is 0 Å². The highest BCUT2D eigenvalue weighted by molar-refractivity contribution is 5.11. The van der Waals surface area contributed by atoms with Crippen molar-refractivity contribution in [1.29, 1.82) is 0 Å². The van der Waals surface area contributed by atoms with Gasteiger partial charge in [0.1, 0.15) is 0 Å². The van der Waals surface area contributed by atoms with Crippen molar-refractivity contribution >= 4 is 0 Å². The monoisotopic (exact) mass is 195 g/mol. The van der Waals surface area contributed by atoms with Gasteiger partial charge >= 0.3 is 0 Å². The highest BCUT2D eigenvalue weighted by Gasteiger charge is 2.21. The Hall–Kier alpha value is -0.800. The summed E-state index contributed by atoms with van der Waals surface area (Å²) in [4.78, 5) is 0. The first-order valence-corrected chi connectivity index (χ1v) is 5.17. The molecule has 2 atom stereocenters. The zero-order valence-electron chi connectivity index (χ0n) is 8.53. The van der Waals surface area contributed by atoms with Gasteiger partial charge in [-0.15, -0.1) is 0 Å². The maximum atomic E-state index is 5.37. The van der Waals surface area contributed by atoms with Crippen LogP contribution in [0.2, 0.25) is 0 Å². The van der Waals surface area contributed by atoms with Crippen molar-refractivity contribution in [2.75, 3.05) is 20.3 Å². The molecule has 2 unspecified atom stereocenters. The summed E-state index contributed by atoms with van der Waals surface area (Å²) in [6, 6.07) is 2.43. The summed E-state index contributed by atoms with van der Waals surface area (Å²) in [5.74, 6) is 0.697. The number of hydrogen-bond donors (Lipinski definition) is 1. The molecule has 2 rings (SSSR count). The average Bonchev–Trinajstić information content (AvgIpc) is 2.86. The molecule has 1 saturated heterocycles. The summed E-state index contributed by atoms with van der Waals surface area (Å²) >= 11 is 0. The van der Waals surface area contributed by atoms with E-state index in [9.17, 15) is 0 Å². The van der Waals surface area contributed by atoms with E-state index in [0.29, 0.717) is 12.0 Å². The van der Waals surface area contributed by atoms with E-state index in [1.165, 1.54) is 12.0 Å². The van der Waals surface area contributed by atoms with Crippen LogP contribution in [0.4, 0.5) is 0 Å². The normalized spacial score (nSPS) is 23.9. The van der Waals surface area contributed by atoms with Gasteiger partial charge in [0.2, 0.25) is 0 Å². The molecule has 0 amide bonds. The topological polar surface area (TPSA) is 34.4 Å². The van der Waals surface area contributed by atoms with Gasteiger partial charge in [-0.25, -0.2) is 0 Å². The summed E-state index contributed by atoms with van der Waals surface area (Å²) in [7, 11) is 1.99. The first-order chi connectivity index (χ1) is 6.90. The molecule has 1 aliphatic heterocycles. The van der Waals surface area contributed by atoms with E-state index in [-0.39, 0.29) is 0 Å². The lowest BCUT2D eigenvalue weighted by atomic mass is 9.96. The Morgan fingerprint density at radius 3 is 3.14 bits per heavy atom. The Labute approximate surface area is 84.4 Å². The van der Waals surface area contributed by atoms with Gasteiger partial charge in [-0.1, -0.05) is 0 Å². The minimum atomic E-state index is 0.403. The molecule has 0 aromatic carbocycles. The minimum Gasteiger partial charge on any atom is -0.472 e. The molecule has 0 bridgehead atoms. The zero-order valence-corrected chi connectivity index (χ0v) is 8.53. The van der Waals surface area contributed by atoms with Crippen LogP contribution in [0.15, 0.2) is 23.0 Å². The highest BCUT2D eigenvalue weighted by atomic mass is 16.5. The maximum Gasteiger partial charge on any atom is 0.0950 e. The van der Waals surface area contributed by atoms with Crippen LogP contribution < -0.4 is 5.32 Å². The molecule has 3 heteroatoms. The third kappa shape index (κ3) is 2.16. The smallest absolute Gasteiger partial charge is 0.0950 e. The van der Waals surface area contributed by atoms with Gasteiger partial charge in [0, 0.05) is 24.8 Å². The summed E-state index contributed by atoms with van der Waals surface area (Å²) in [6.07, 6.45) is 5.87. The van der Waals surface area contributed by atoms with E-state index in [1.807, 2.05) is 19.4 Å². The summed E-state index contributed by atoms with van der Waals surface area (Å²) in [5.41, 5.74) is 1.24. The molecule has 0 radical (unpaired) electrons. The maximum absolute atomic E-state index is 5.37. The Morgan fingerprint density at radius 1 is 1.64 bits per heavy atom. The number of hydrogen-bond acceptors (Lipinski definition) is 3. The molecular weight excluding hydrogens is 178 g/mol. The van der Waals surface area contributed by atoms with Crippen molar-refractivity contribution in [3.8, 4) is 0 Å².